The molecule has 2 N–H and O–H groups in total. The number of hydrogen-bond donors (Lipinski definition) is 2. The largest absolute Gasteiger partial charge is 0.375 e. The Kier molecular flexibility index (Phi) is 5.43. The summed E-state index contributed by atoms with van der Waals surface area (Å²) in [5, 5.41) is 13.7. The zero-order valence-corrected chi connectivity index (χ0v) is 15.7. The maximum Gasteiger partial charge on any atom is 0.246 e. The van der Waals surface area contributed by atoms with E-state index in [0.29, 0.717) is 17.1 Å². The van der Waals surface area contributed by atoms with Crippen molar-refractivity contribution in [3.8, 4) is 0 Å². The number of nitrogens with one attached hydrogen (secondary N) is 2. The van der Waals surface area contributed by atoms with E-state index in [9.17, 15) is 4.79 Å². The highest BCUT2D eigenvalue weighted by atomic mass is 16.5. The monoisotopic (exact) mass is 381 g/mol. The standard InChI is InChI=1S/C19H23N7O2/c1-28-12-17(27)21-13-7-9-15(10-8-13)26(14-5-3-2-4-6-14)19-20-11-16-18(22-19)24-25-23-16/h2-6,11,13,15H,7-10,12H2,1H3,(H,21,27)(H,20,22,23,24,25). The van der Waals surface area contributed by atoms with Crippen molar-refractivity contribution in [1.29, 1.82) is 0 Å². The van der Waals surface area contributed by atoms with Crippen LogP contribution in [0.15, 0.2) is 36.5 Å². The zero-order valence-electron chi connectivity index (χ0n) is 15.7. The molecule has 28 heavy (non-hydrogen) atoms. The van der Waals surface area contributed by atoms with Crippen molar-refractivity contribution < 1.29 is 9.53 Å². The summed E-state index contributed by atoms with van der Waals surface area (Å²) in [5.41, 5.74) is 2.23. The van der Waals surface area contributed by atoms with Crippen LogP contribution in [0.25, 0.3) is 11.2 Å². The number of rotatable bonds is 6. The van der Waals surface area contributed by atoms with Gasteiger partial charge in [-0.15, -0.1) is 5.10 Å². The third-order valence-corrected chi connectivity index (χ3v) is 5.02. The summed E-state index contributed by atoms with van der Waals surface area (Å²) in [7, 11) is 1.53. The molecule has 2 aromatic heterocycles. The molecule has 1 amide bonds. The Bertz CT molecular complexity index is 922. The number of aromatic nitrogens is 5. The Morgan fingerprint density at radius 2 is 2.00 bits per heavy atom. The number of ether oxygens (including phenoxy) is 1. The number of hydrogen-bond acceptors (Lipinski definition) is 7. The number of H-pyrrole nitrogens is 1. The number of benzene rings is 1. The van der Waals surface area contributed by atoms with Gasteiger partial charge in [0.15, 0.2) is 0 Å². The highest BCUT2D eigenvalue weighted by molar-refractivity contribution is 5.77. The number of methoxy groups -OCH3 is 1. The lowest BCUT2D eigenvalue weighted by Gasteiger charge is -2.37. The van der Waals surface area contributed by atoms with Crippen LogP contribution < -0.4 is 10.2 Å². The van der Waals surface area contributed by atoms with Crippen molar-refractivity contribution >= 4 is 28.7 Å². The molecule has 1 aromatic carbocycles. The number of aromatic amines is 1. The van der Waals surface area contributed by atoms with E-state index in [0.717, 1.165) is 31.4 Å². The number of anilines is 2. The van der Waals surface area contributed by atoms with Crippen LogP contribution in [0.2, 0.25) is 0 Å². The van der Waals surface area contributed by atoms with Crippen LogP contribution in [0, 0.1) is 0 Å². The lowest BCUT2D eigenvalue weighted by Crippen LogP contribution is -2.44. The molecule has 1 aliphatic rings. The van der Waals surface area contributed by atoms with Gasteiger partial charge in [0.05, 0.1) is 6.20 Å². The van der Waals surface area contributed by atoms with Crippen LogP contribution in [0.4, 0.5) is 11.6 Å². The first-order valence-corrected chi connectivity index (χ1v) is 9.40. The summed E-state index contributed by atoms with van der Waals surface area (Å²) in [5.74, 6) is 0.546. The lowest BCUT2D eigenvalue weighted by atomic mass is 9.90. The predicted octanol–water partition coefficient (Wildman–Crippen LogP) is 1.96. The van der Waals surface area contributed by atoms with Crippen LogP contribution in [0.1, 0.15) is 25.7 Å². The molecule has 9 heteroatoms. The predicted molar refractivity (Wildman–Crippen MR) is 104 cm³/mol. The molecule has 2 heterocycles. The Hall–Kier alpha value is -3.07. The fourth-order valence-corrected chi connectivity index (χ4v) is 3.72. The Labute approximate surface area is 162 Å². The van der Waals surface area contributed by atoms with Crippen LogP contribution in [0.5, 0.6) is 0 Å². The summed E-state index contributed by atoms with van der Waals surface area (Å²) < 4.78 is 4.90. The topological polar surface area (TPSA) is 109 Å². The first kappa shape index (κ1) is 18.3. The van der Waals surface area contributed by atoms with E-state index in [2.05, 4.69) is 47.7 Å². The van der Waals surface area contributed by atoms with E-state index >= 15 is 0 Å². The number of carbonyl (C=O) groups is 1. The molecule has 3 aromatic rings. The molecule has 0 spiro atoms. The van der Waals surface area contributed by atoms with Crippen molar-refractivity contribution in [2.45, 2.75) is 37.8 Å². The Balaban J connectivity index is 1.54. The second-order valence-electron chi connectivity index (χ2n) is 6.91. The van der Waals surface area contributed by atoms with Crippen molar-refractivity contribution in [3.63, 3.8) is 0 Å². The van der Waals surface area contributed by atoms with Gasteiger partial charge >= 0.3 is 0 Å². The van der Waals surface area contributed by atoms with E-state index in [1.54, 1.807) is 6.20 Å². The van der Waals surface area contributed by atoms with Crippen LogP contribution in [-0.2, 0) is 9.53 Å². The van der Waals surface area contributed by atoms with Gasteiger partial charge in [-0.25, -0.2) is 4.98 Å². The Morgan fingerprint density at radius 3 is 2.75 bits per heavy atom. The number of fused-ring (bicyclic) bond motifs is 1. The van der Waals surface area contributed by atoms with Gasteiger partial charge in [0.1, 0.15) is 12.1 Å². The zero-order chi connectivity index (χ0) is 19.3. The molecule has 0 atom stereocenters. The molecule has 0 bridgehead atoms. The minimum atomic E-state index is -0.0642. The first-order valence-electron chi connectivity index (χ1n) is 9.40. The van der Waals surface area contributed by atoms with Gasteiger partial charge in [-0.2, -0.15) is 15.3 Å². The van der Waals surface area contributed by atoms with E-state index in [1.807, 2.05) is 18.2 Å². The molecular weight excluding hydrogens is 358 g/mol. The van der Waals surface area contributed by atoms with E-state index in [1.165, 1.54) is 7.11 Å². The minimum absolute atomic E-state index is 0.0642. The molecule has 1 saturated carbocycles. The molecule has 1 aliphatic carbocycles. The summed E-state index contributed by atoms with van der Waals surface area (Å²) in [4.78, 5) is 23.1. The molecule has 146 valence electrons. The van der Waals surface area contributed by atoms with Gasteiger partial charge in [-0.3, -0.25) is 4.79 Å². The maximum atomic E-state index is 11.8. The van der Waals surface area contributed by atoms with Crippen LogP contribution >= 0.6 is 0 Å². The smallest absolute Gasteiger partial charge is 0.246 e. The number of amides is 1. The van der Waals surface area contributed by atoms with Crippen molar-refractivity contribution in [2.75, 3.05) is 18.6 Å². The van der Waals surface area contributed by atoms with Crippen molar-refractivity contribution in [2.24, 2.45) is 0 Å². The third kappa shape index (κ3) is 3.94. The number of carbonyl (C=O) groups excluding carboxylic acids is 1. The second kappa shape index (κ2) is 8.30. The van der Waals surface area contributed by atoms with Gasteiger partial charge in [-0.05, 0) is 37.8 Å². The van der Waals surface area contributed by atoms with Crippen molar-refractivity contribution in [3.05, 3.63) is 36.5 Å². The molecule has 1 fully saturated rings. The van der Waals surface area contributed by atoms with E-state index in [4.69, 9.17) is 4.74 Å². The molecule has 0 aliphatic heterocycles. The van der Waals surface area contributed by atoms with E-state index in [-0.39, 0.29) is 24.6 Å². The highest BCUT2D eigenvalue weighted by Crippen LogP contribution is 2.32. The van der Waals surface area contributed by atoms with Gasteiger partial charge in [0.2, 0.25) is 17.5 Å². The van der Waals surface area contributed by atoms with Crippen molar-refractivity contribution in [1.82, 2.24) is 30.7 Å². The Morgan fingerprint density at radius 1 is 1.21 bits per heavy atom. The number of para-hydroxylation sites is 1. The quantitative estimate of drug-likeness (QED) is 0.672. The molecule has 0 radical (unpaired) electrons. The average Bonchev–Trinajstić information content (AvgIpc) is 3.18. The van der Waals surface area contributed by atoms with Gasteiger partial charge in [-0.1, -0.05) is 18.2 Å². The average molecular weight is 381 g/mol. The number of nitrogens with zero attached hydrogens (tertiary/aromatic N) is 5. The van der Waals surface area contributed by atoms with Gasteiger partial charge < -0.3 is 15.0 Å². The fraction of sp³-hybridized carbons (Fsp3) is 0.421. The molecular formula is C19H23N7O2. The second-order valence-corrected chi connectivity index (χ2v) is 6.91. The molecule has 9 nitrogen and oxygen atoms in total. The summed E-state index contributed by atoms with van der Waals surface area (Å²) >= 11 is 0. The fourth-order valence-electron chi connectivity index (χ4n) is 3.72. The third-order valence-electron chi connectivity index (χ3n) is 5.02. The SMILES string of the molecule is COCC(=O)NC1CCC(N(c2ccccc2)c2ncc3n[nH]nc3n2)CC1. The molecule has 0 saturated heterocycles. The molecule has 4 rings (SSSR count). The highest BCUT2D eigenvalue weighted by Gasteiger charge is 2.29. The summed E-state index contributed by atoms with van der Waals surface area (Å²) in [6.45, 7) is 0.0988. The maximum absolute atomic E-state index is 11.8. The lowest BCUT2D eigenvalue weighted by molar-refractivity contribution is -0.125. The summed E-state index contributed by atoms with van der Waals surface area (Å²) in [6.07, 6.45) is 5.33. The molecule has 0 unspecified atom stereocenters. The van der Waals surface area contributed by atoms with Gasteiger partial charge in [0, 0.05) is 24.9 Å². The van der Waals surface area contributed by atoms with E-state index < -0.39 is 0 Å². The van der Waals surface area contributed by atoms with Crippen LogP contribution in [0.3, 0.4) is 0 Å². The van der Waals surface area contributed by atoms with Crippen LogP contribution in [-0.4, -0.2) is 57.1 Å². The normalized spacial score (nSPS) is 19.5. The summed E-state index contributed by atoms with van der Waals surface area (Å²) in [6, 6.07) is 10.5. The first-order chi connectivity index (χ1) is 13.7. The van der Waals surface area contributed by atoms with Gasteiger partial charge in [0.25, 0.3) is 0 Å². The minimum Gasteiger partial charge on any atom is -0.375 e.